The van der Waals surface area contributed by atoms with Crippen molar-refractivity contribution in [1.29, 1.82) is 0 Å². The van der Waals surface area contributed by atoms with Crippen LogP contribution < -0.4 is 0 Å². The highest BCUT2D eigenvalue weighted by atomic mass is 16.5. The Balaban J connectivity index is 0.000000861. The van der Waals surface area contributed by atoms with Crippen molar-refractivity contribution in [3.05, 3.63) is 29.6 Å². The van der Waals surface area contributed by atoms with Gasteiger partial charge in [-0.1, -0.05) is 19.9 Å². The fraction of sp³-hybridized carbons (Fsp3) is 0.571. The number of hydrogen-bond donors (Lipinski definition) is 0. The van der Waals surface area contributed by atoms with Gasteiger partial charge in [0.15, 0.2) is 0 Å². The van der Waals surface area contributed by atoms with Gasteiger partial charge in [0.25, 0.3) is 0 Å². The molecule has 0 bridgehead atoms. The van der Waals surface area contributed by atoms with Crippen LogP contribution in [0.5, 0.6) is 0 Å². The SMILES string of the molecule is CC.COC/C=C/C(=O)N1CCn2nc(C)cc2C1. The molecule has 1 aliphatic rings. The van der Waals surface area contributed by atoms with Crippen LogP contribution in [0.1, 0.15) is 25.2 Å². The van der Waals surface area contributed by atoms with E-state index in [1.54, 1.807) is 19.3 Å². The lowest BCUT2D eigenvalue weighted by atomic mass is 10.2. The molecular weight excluding hydrogens is 242 g/mol. The lowest BCUT2D eigenvalue weighted by Crippen LogP contribution is -2.37. The third-order valence-corrected chi connectivity index (χ3v) is 2.76. The van der Waals surface area contributed by atoms with Crippen molar-refractivity contribution in [3.8, 4) is 0 Å². The van der Waals surface area contributed by atoms with Crippen molar-refractivity contribution < 1.29 is 9.53 Å². The third-order valence-electron chi connectivity index (χ3n) is 2.76. The predicted molar refractivity (Wildman–Crippen MR) is 74.7 cm³/mol. The van der Waals surface area contributed by atoms with E-state index in [9.17, 15) is 4.79 Å². The molecule has 1 amide bonds. The van der Waals surface area contributed by atoms with Crippen LogP contribution in [0.3, 0.4) is 0 Å². The lowest BCUT2D eigenvalue weighted by Gasteiger charge is -2.26. The second-order valence-electron chi connectivity index (χ2n) is 4.12. The highest BCUT2D eigenvalue weighted by Crippen LogP contribution is 2.13. The van der Waals surface area contributed by atoms with E-state index >= 15 is 0 Å². The first-order chi connectivity index (χ1) is 9.20. The molecule has 0 aromatic carbocycles. The number of carbonyl (C=O) groups is 1. The second-order valence-corrected chi connectivity index (χ2v) is 4.12. The minimum Gasteiger partial charge on any atom is -0.381 e. The van der Waals surface area contributed by atoms with Gasteiger partial charge in [0.1, 0.15) is 0 Å². The Hall–Kier alpha value is -1.62. The quantitative estimate of drug-likeness (QED) is 0.782. The Morgan fingerprint density at radius 3 is 2.89 bits per heavy atom. The molecule has 5 heteroatoms. The number of carbonyl (C=O) groups excluding carboxylic acids is 1. The van der Waals surface area contributed by atoms with Gasteiger partial charge in [-0.3, -0.25) is 9.48 Å². The molecule has 2 rings (SSSR count). The Morgan fingerprint density at radius 1 is 1.47 bits per heavy atom. The molecule has 0 N–H and O–H groups in total. The molecule has 0 radical (unpaired) electrons. The molecule has 1 aliphatic heterocycles. The van der Waals surface area contributed by atoms with E-state index in [4.69, 9.17) is 4.74 Å². The summed E-state index contributed by atoms with van der Waals surface area (Å²) in [5.41, 5.74) is 2.10. The molecule has 1 aromatic heterocycles. The minimum absolute atomic E-state index is 0.0344. The Kier molecular flexibility index (Phi) is 6.29. The topological polar surface area (TPSA) is 47.4 Å². The Bertz CT molecular complexity index is 438. The Morgan fingerprint density at radius 2 is 2.21 bits per heavy atom. The van der Waals surface area contributed by atoms with Crippen LogP contribution in [0, 0.1) is 6.92 Å². The number of nitrogens with zero attached hydrogens (tertiary/aromatic N) is 3. The molecule has 19 heavy (non-hydrogen) atoms. The fourth-order valence-electron chi connectivity index (χ4n) is 1.95. The maximum absolute atomic E-state index is 11.8. The molecule has 0 aliphatic carbocycles. The van der Waals surface area contributed by atoms with Crippen LogP contribution in [-0.4, -0.2) is 40.8 Å². The zero-order valence-electron chi connectivity index (χ0n) is 12.2. The first kappa shape index (κ1) is 15.4. The molecule has 0 spiro atoms. The van der Waals surface area contributed by atoms with Gasteiger partial charge >= 0.3 is 0 Å². The van der Waals surface area contributed by atoms with Crippen LogP contribution >= 0.6 is 0 Å². The highest BCUT2D eigenvalue weighted by Gasteiger charge is 2.19. The van der Waals surface area contributed by atoms with Crippen molar-refractivity contribution in [2.45, 2.75) is 33.9 Å². The van der Waals surface area contributed by atoms with E-state index in [0.29, 0.717) is 19.7 Å². The van der Waals surface area contributed by atoms with Gasteiger partial charge in [0.05, 0.1) is 31.1 Å². The van der Waals surface area contributed by atoms with Crippen LogP contribution in [0.4, 0.5) is 0 Å². The number of fused-ring (bicyclic) bond motifs is 1. The normalized spacial score (nSPS) is 14.0. The molecular formula is C14H23N3O2. The molecule has 5 nitrogen and oxygen atoms in total. The van der Waals surface area contributed by atoms with E-state index in [-0.39, 0.29) is 5.91 Å². The average Bonchev–Trinajstić information content (AvgIpc) is 2.80. The monoisotopic (exact) mass is 265 g/mol. The molecule has 0 saturated carbocycles. The van der Waals surface area contributed by atoms with Crippen LogP contribution in [0.15, 0.2) is 18.2 Å². The summed E-state index contributed by atoms with van der Waals surface area (Å²) < 4.78 is 6.84. The minimum atomic E-state index is 0.0344. The summed E-state index contributed by atoms with van der Waals surface area (Å²) in [4.78, 5) is 13.7. The summed E-state index contributed by atoms with van der Waals surface area (Å²) in [5.74, 6) is 0.0344. The van der Waals surface area contributed by atoms with Crippen LogP contribution in [0.2, 0.25) is 0 Å². The van der Waals surface area contributed by atoms with Gasteiger partial charge < -0.3 is 9.64 Å². The van der Waals surface area contributed by atoms with E-state index in [1.165, 1.54) is 0 Å². The number of methoxy groups -OCH3 is 1. The van der Waals surface area contributed by atoms with Gasteiger partial charge in [-0.2, -0.15) is 5.10 Å². The summed E-state index contributed by atoms with van der Waals surface area (Å²) in [6, 6.07) is 2.03. The second kappa shape index (κ2) is 7.74. The van der Waals surface area contributed by atoms with Crippen molar-refractivity contribution in [1.82, 2.24) is 14.7 Å². The van der Waals surface area contributed by atoms with E-state index in [0.717, 1.165) is 17.9 Å². The van der Waals surface area contributed by atoms with Crippen molar-refractivity contribution >= 4 is 5.91 Å². The zero-order valence-corrected chi connectivity index (χ0v) is 12.2. The number of hydrogen-bond acceptors (Lipinski definition) is 3. The highest BCUT2D eigenvalue weighted by molar-refractivity contribution is 5.87. The van der Waals surface area contributed by atoms with Crippen LogP contribution in [0.25, 0.3) is 0 Å². The summed E-state index contributed by atoms with van der Waals surface area (Å²) in [5, 5.41) is 4.36. The van der Waals surface area contributed by atoms with E-state index in [2.05, 4.69) is 5.10 Å². The maximum atomic E-state index is 11.8. The summed E-state index contributed by atoms with van der Waals surface area (Å²) >= 11 is 0. The first-order valence-corrected chi connectivity index (χ1v) is 6.68. The first-order valence-electron chi connectivity index (χ1n) is 6.68. The average molecular weight is 265 g/mol. The van der Waals surface area contributed by atoms with E-state index < -0.39 is 0 Å². The molecule has 2 heterocycles. The maximum Gasteiger partial charge on any atom is 0.246 e. The largest absolute Gasteiger partial charge is 0.381 e. The predicted octanol–water partition coefficient (Wildman–Crippen LogP) is 1.76. The van der Waals surface area contributed by atoms with Crippen LogP contribution in [-0.2, 0) is 22.6 Å². The standard InChI is InChI=1S/C12H17N3O2.C2H6/c1-10-8-11-9-14(5-6-15(11)13-10)12(16)4-3-7-17-2;1-2/h3-4,8H,5-7,9H2,1-2H3;1-2H3/b4-3+;. The molecule has 1 aromatic rings. The molecule has 0 unspecified atom stereocenters. The number of amides is 1. The molecule has 106 valence electrons. The smallest absolute Gasteiger partial charge is 0.246 e. The summed E-state index contributed by atoms with van der Waals surface area (Å²) in [6.07, 6.45) is 3.31. The third kappa shape index (κ3) is 4.21. The van der Waals surface area contributed by atoms with Gasteiger partial charge in [-0.15, -0.1) is 0 Å². The fourth-order valence-corrected chi connectivity index (χ4v) is 1.95. The van der Waals surface area contributed by atoms with Crippen molar-refractivity contribution in [2.24, 2.45) is 0 Å². The molecule has 0 fully saturated rings. The van der Waals surface area contributed by atoms with Crippen molar-refractivity contribution in [3.63, 3.8) is 0 Å². The molecule has 0 atom stereocenters. The van der Waals surface area contributed by atoms with Gasteiger partial charge in [0, 0.05) is 19.7 Å². The number of rotatable bonds is 3. The lowest BCUT2D eigenvalue weighted by molar-refractivity contribution is -0.127. The molecule has 0 saturated heterocycles. The van der Waals surface area contributed by atoms with Gasteiger partial charge in [-0.05, 0) is 13.0 Å². The van der Waals surface area contributed by atoms with E-state index in [1.807, 2.05) is 36.4 Å². The number of aryl methyl sites for hydroxylation is 1. The van der Waals surface area contributed by atoms with Crippen molar-refractivity contribution in [2.75, 3.05) is 20.3 Å². The number of ether oxygens (including phenoxy) is 1. The van der Waals surface area contributed by atoms with Gasteiger partial charge in [0.2, 0.25) is 5.91 Å². The summed E-state index contributed by atoms with van der Waals surface area (Å²) in [7, 11) is 1.61. The number of aromatic nitrogens is 2. The van der Waals surface area contributed by atoms with Gasteiger partial charge in [-0.25, -0.2) is 0 Å². The summed E-state index contributed by atoms with van der Waals surface area (Å²) in [6.45, 7) is 8.56. The zero-order chi connectivity index (χ0) is 14.3. The Labute approximate surface area is 114 Å².